The van der Waals surface area contributed by atoms with Crippen molar-refractivity contribution in [2.24, 2.45) is 5.73 Å². The van der Waals surface area contributed by atoms with E-state index in [1.165, 1.54) is 0 Å². The number of nitrogens with zero attached hydrogens (tertiary/aromatic N) is 1. The van der Waals surface area contributed by atoms with E-state index in [2.05, 4.69) is 11.8 Å². The van der Waals surface area contributed by atoms with Crippen molar-refractivity contribution in [3.63, 3.8) is 0 Å². The molecule has 1 heterocycles. The average molecular weight is 272 g/mol. The van der Waals surface area contributed by atoms with Gasteiger partial charge in [-0.2, -0.15) is 0 Å². The first-order valence-electron chi connectivity index (χ1n) is 6.88. The largest absolute Gasteiger partial charge is 0.393 e. The van der Waals surface area contributed by atoms with Gasteiger partial charge in [-0.1, -0.05) is 11.8 Å². The number of piperidine rings is 1. The van der Waals surface area contributed by atoms with E-state index in [1.54, 1.807) is 11.0 Å². The van der Waals surface area contributed by atoms with Crippen LogP contribution in [0.5, 0.6) is 0 Å². The number of hydrogen-bond acceptors (Lipinski definition) is 3. The van der Waals surface area contributed by atoms with E-state index in [9.17, 15) is 9.90 Å². The van der Waals surface area contributed by atoms with Crippen molar-refractivity contribution in [3.8, 4) is 11.8 Å². The number of benzene rings is 1. The minimum Gasteiger partial charge on any atom is -0.393 e. The Hall–Kier alpha value is -1.83. The van der Waals surface area contributed by atoms with Gasteiger partial charge in [0.2, 0.25) is 0 Å². The van der Waals surface area contributed by atoms with E-state index in [4.69, 9.17) is 5.73 Å². The molecule has 0 bridgehead atoms. The number of aliphatic hydroxyl groups is 1. The summed E-state index contributed by atoms with van der Waals surface area (Å²) in [5.74, 6) is 5.83. The van der Waals surface area contributed by atoms with Gasteiger partial charge in [0.25, 0.3) is 5.91 Å². The zero-order chi connectivity index (χ0) is 14.5. The van der Waals surface area contributed by atoms with Crippen LogP contribution in [-0.4, -0.2) is 41.7 Å². The number of amides is 1. The molecule has 1 amide bonds. The standard InChI is InChI=1S/C16H20N2O2/c1-12-11-14(5-4-13(12)3-2-8-17)16(20)18-9-6-15(19)7-10-18/h4-5,11,15,19H,6-10,17H2,1H3. The fourth-order valence-corrected chi connectivity index (χ4v) is 2.33. The summed E-state index contributed by atoms with van der Waals surface area (Å²) < 4.78 is 0. The number of carbonyl (C=O) groups excluding carboxylic acids is 1. The summed E-state index contributed by atoms with van der Waals surface area (Å²) >= 11 is 0. The number of aliphatic hydroxyl groups excluding tert-OH is 1. The van der Waals surface area contributed by atoms with Gasteiger partial charge in [0, 0.05) is 24.2 Å². The van der Waals surface area contributed by atoms with E-state index >= 15 is 0 Å². The molecule has 4 heteroatoms. The molecule has 0 saturated carbocycles. The molecule has 20 heavy (non-hydrogen) atoms. The third-order valence-electron chi connectivity index (χ3n) is 3.55. The molecule has 0 spiro atoms. The summed E-state index contributed by atoms with van der Waals surface area (Å²) in [5.41, 5.74) is 7.92. The third-order valence-corrected chi connectivity index (χ3v) is 3.55. The van der Waals surface area contributed by atoms with Gasteiger partial charge in [-0.3, -0.25) is 4.79 Å². The van der Waals surface area contributed by atoms with Crippen LogP contribution in [0.3, 0.4) is 0 Å². The van der Waals surface area contributed by atoms with Gasteiger partial charge in [-0.15, -0.1) is 0 Å². The van der Waals surface area contributed by atoms with Gasteiger partial charge in [0.1, 0.15) is 0 Å². The SMILES string of the molecule is Cc1cc(C(=O)N2CCC(O)CC2)ccc1C#CCN. The highest BCUT2D eigenvalue weighted by atomic mass is 16.3. The lowest BCUT2D eigenvalue weighted by Gasteiger charge is -2.29. The molecule has 1 saturated heterocycles. The van der Waals surface area contributed by atoms with E-state index in [0.29, 0.717) is 38.0 Å². The van der Waals surface area contributed by atoms with Gasteiger partial charge in [0.15, 0.2) is 0 Å². The highest BCUT2D eigenvalue weighted by molar-refractivity contribution is 5.94. The molecule has 0 aliphatic carbocycles. The van der Waals surface area contributed by atoms with Crippen LogP contribution in [0.2, 0.25) is 0 Å². The first kappa shape index (κ1) is 14.6. The van der Waals surface area contributed by atoms with Crippen LogP contribution >= 0.6 is 0 Å². The monoisotopic (exact) mass is 272 g/mol. The van der Waals surface area contributed by atoms with E-state index in [0.717, 1.165) is 11.1 Å². The molecule has 1 aromatic rings. The molecule has 3 N–H and O–H groups in total. The number of carbonyl (C=O) groups is 1. The van der Waals surface area contributed by atoms with Gasteiger partial charge < -0.3 is 15.7 Å². The molecule has 1 aromatic carbocycles. The summed E-state index contributed by atoms with van der Waals surface area (Å²) in [6.07, 6.45) is 1.05. The fraction of sp³-hybridized carbons (Fsp3) is 0.438. The molecule has 0 atom stereocenters. The van der Waals surface area contributed by atoms with Crippen molar-refractivity contribution in [1.82, 2.24) is 4.90 Å². The molecule has 1 aliphatic rings. The molecule has 4 nitrogen and oxygen atoms in total. The number of hydrogen-bond donors (Lipinski definition) is 2. The fourth-order valence-electron chi connectivity index (χ4n) is 2.33. The zero-order valence-electron chi connectivity index (χ0n) is 11.7. The van der Waals surface area contributed by atoms with E-state index in [-0.39, 0.29) is 12.0 Å². The Labute approximate surface area is 119 Å². The highest BCUT2D eigenvalue weighted by Gasteiger charge is 2.22. The molecular formula is C16H20N2O2. The lowest BCUT2D eigenvalue weighted by molar-refractivity contribution is 0.0546. The Kier molecular flexibility index (Phi) is 4.78. The van der Waals surface area contributed by atoms with E-state index in [1.807, 2.05) is 19.1 Å². The van der Waals surface area contributed by atoms with Crippen LogP contribution in [0.1, 0.15) is 34.3 Å². The molecule has 2 rings (SSSR count). The second-order valence-corrected chi connectivity index (χ2v) is 5.06. The maximum Gasteiger partial charge on any atom is 0.253 e. The number of likely N-dealkylation sites (tertiary alicyclic amines) is 1. The number of nitrogens with two attached hydrogens (primary N) is 1. The Morgan fingerprint density at radius 3 is 2.75 bits per heavy atom. The molecule has 0 unspecified atom stereocenters. The Balaban J connectivity index is 2.13. The van der Waals surface area contributed by atoms with Crippen molar-refractivity contribution in [2.75, 3.05) is 19.6 Å². The van der Waals surface area contributed by atoms with Crippen molar-refractivity contribution in [2.45, 2.75) is 25.9 Å². The maximum atomic E-state index is 12.4. The van der Waals surface area contributed by atoms with Crippen molar-refractivity contribution < 1.29 is 9.90 Å². The second kappa shape index (κ2) is 6.56. The molecule has 1 fully saturated rings. The van der Waals surface area contributed by atoms with Gasteiger partial charge >= 0.3 is 0 Å². The van der Waals surface area contributed by atoms with Gasteiger partial charge in [-0.05, 0) is 43.5 Å². The number of aryl methyl sites for hydroxylation is 1. The summed E-state index contributed by atoms with van der Waals surface area (Å²) in [7, 11) is 0. The average Bonchev–Trinajstić information content (AvgIpc) is 2.46. The van der Waals surface area contributed by atoms with Crippen LogP contribution in [-0.2, 0) is 0 Å². The quantitative estimate of drug-likeness (QED) is 0.747. The highest BCUT2D eigenvalue weighted by Crippen LogP contribution is 2.16. The first-order valence-corrected chi connectivity index (χ1v) is 6.88. The van der Waals surface area contributed by atoms with Crippen molar-refractivity contribution >= 4 is 5.91 Å². The third kappa shape index (κ3) is 3.38. The molecule has 0 aromatic heterocycles. The minimum atomic E-state index is -0.269. The Bertz CT molecular complexity index is 549. The van der Waals surface area contributed by atoms with Crippen LogP contribution in [0, 0.1) is 18.8 Å². The van der Waals surface area contributed by atoms with Crippen LogP contribution < -0.4 is 5.73 Å². The summed E-state index contributed by atoms with van der Waals surface area (Å²) in [4.78, 5) is 14.2. The van der Waals surface area contributed by atoms with Crippen LogP contribution in [0.25, 0.3) is 0 Å². The molecule has 106 valence electrons. The van der Waals surface area contributed by atoms with E-state index < -0.39 is 0 Å². The Morgan fingerprint density at radius 1 is 1.45 bits per heavy atom. The lowest BCUT2D eigenvalue weighted by atomic mass is 10.0. The number of rotatable bonds is 1. The molecule has 1 aliphatic heterocycles. The summed E-state index contributed by atoms with van der Waals surface area (Å²) in [5, 5.41) is 9.48. The summed E-state index contributed by atoms with van der Waals surface area (Å²) in [6, 6.07) is 5.54. The zero-order valence-corrected chi connectivity index (χ0v) is 11.7. The molecular weight excluding hydrogens is 252 g/mol. The summed E-state index contributed by atoms with van der Waals surface area (Å²) in [6.45, 7) is 3.51. The predicted octanol–water partition coefficient (Wildman–Crippen LogP) is 0.902. The smallest absolute Gasteiger partial charge is 0.253 e. The topological polar surface area (TPSA) is 66.6 Å². The Morgan fingerprint density at radius 2 is 2.15 bits per heavy atom. The first-order chi connectivity index (χ1) is 9.61. The normalized spacial score (nSPS) is 15.7. The van der Waals surface area contributed by atoms with Crippen molar-refractivity contribution in [3.05, 3.63) is 34.9 Å². The maximum absolute atomic E-state index is 12.4. The predicted molar refractivity (Wildman–Crippen MR) is 78.3 cm³/mol. The molecule has 0 radical (unpaired) electrons. The second-order valence-electron chi connectivity index (χ2n) is 5.06. The van der Waals surface area contributed by atoms with Gasteiger partial charge in [0.05, 0.1) is 12.6 Å². The lowest BCUT2D eigenvalue weighted by Crippen LogP contribution is -2.40. The van der Waals surface area contributed by atoms with Crippen LogP contribution in [0.4, 0.5) is 0 Å². The minimum absolute atomic E-state index is 0.0262. The van der Waals surface area contributed by atoms with Crippen molar-refractivity contribution in [1.29, 1.82) is 0 Å². The van der Waals surface area contributed by atoms with Gasteiger partial charge in [-0.25, -0.2) is 0 Å². The van der Waals surface area contributed by atoms with Crippen LogP contribution in [0.15, 0.2) is 18.2 Å².